The maximum absolute atomic E-state index is 12.6. The van der Waals surface area contributed by atoms with Crippen LogP contribution in [0.15, 0.2) is 76.6 Å². The molecule has 30 heavy (non-hydrogen) atoms. The van der Waals surface area contributed by atoms with E-state index in [1.165, 1.54) is 22.7 Å². The first-order valence-corrected chi connectivity index (χ1v) is 10.0. The van der Waals surface area contributed by atoms with Gasteiger partial charge in [0.25, 0.3) is 5.56 Å². The Balaban J connectivity index is 1.50. The third kappa shape index (κ3) is 3.71. The number of aromatic nitrogens is 4. The summed E-state index contributed by atoms with van der Waals surface area (Å²) in [7, 11) is 3.13. The Labute approximate surface area is 174 Å². The molecule has 0 aliphatic rings. The van der Waals surface area contributed by atoms with Crippen LogP contribution in [0.1, 0.15) is 23.6 Å². The van der Waals surface area contributed by atoms with E-state index in [4.69, 9.17) is 0 Å². The van der Waals surface area contributed by atoms with Gasteiger partial charge in [-0.25, -0.2) is 9.78 Å². The predicted octanol–water partition coefficient (Wildman–Crippen LogP) is 2.20. The number of hydrogen-bond donors (Lipinski definition) is 1. The second-order valence-corrected chi connectivity index (χ2v) is 7.38. The molecule has 0 amide bonds. The van der Waals surface area contributed by atoms with Crippen molar-refractivity contribution in [2.45, 2.75) is 19.0 Å². The van der Waals surface area contributed by atoms with Crippen LogP contribution >= 0.6 is 0 Å². The Kier molecular flexibility index (Phi) is 5.63. The minimum absolute atomic E-state index is 0.0978. The summed E-state index contributed by atoms with van der Waals surface area (Å²) >= 11 is 0. The summed E-state index contributed by atoms with van der Waals surface area (Å²) in [5, 5.41) is 3.64. The topological polar surface area (TPSA) is 73.8 Å². The van der Waals surface area contributed by atoms with Crippen molar-refractivity contribution in [2.24, 2.45) is 14.1 Å². The van der Waals surface area contributed by atoms with Crippen molar-refractivity contribution in [3.8, 4) is 0 Å². The van der Waals surface area contributed by atoms with Gasteiger partial charge in [-0.1, -0.05) is 60.7 Å². The number of hydrogen-bond acceptors (Lipinski definition) is 4. The molecular weight excluding hydrogens is 378 g/mol. The SMILES string of the molecule is Cn1c(=O)c2c(ncn2CCCNC(c2ccccc2)c2ccccc2)n(C)c1=O. The van der Waals surface area contributed by atoms with Gasteiger partial charge in [-0.2, -0.15) is 0 Å². The van der Waals surface area contributed by atoms with Crippen molar-refractivity contribution < 1.29 is 0 Å². The van der Waals surface area contributed by atoms with E-state index in [9.17, 15) is 9.59 Å². The zero-order valence-corrected chi connectivity index (χ0v) is 17.2. The van der Waals surface area contributed by atoms with E-state index >= 15 is 0 Å². The summed E-state index contributed by atoms with van der Waals surface area (Å²) < 4.78 is 4.37. The maximum Gasteiger partial charge on any atom is 0.332 e. The van der Waals surface area contributed by atoms with Crippen LogP contribution in [0.25, 0.3) is 11.2 Å². The van der Waals surface area contributed by atoms with Crippen molar-refractivity contribution in [3.63, 3.8) is 0 Å². The van der Waals surface area contributed by atoms with Gasteiger partial charge in [0, 0.05) is 20.6 Å². The van der Waals surface area contributed by atoms with E-state index in [-0.39, 0.29) is 17.3 Å². The van der Waals surface area contributed by atoms with Crippen LogP contribution in [-0.4, -0.2) is 25.2 Å². The normalized spacial score (nSPS) is 11.4. The highest BCUT2D eigenvalue weighted by atomic mass is 16.2. The third-order valence-corrected chi connectivity index (χ3v) is 5.41. The summed E-state index contributed by atoms with van der Waals surface area (Å²) in [4.78, 5) is 28.9. The average Bonchev–Trinajstić information content (AvgIpc) is 3.21. The van der Waals surface area contributed by atoms with Gasteiger partial charge in [0.1, 0.15) is 0 Å². The highest BCUT2D eigenvalue weighted by molar-refractivity contribution is 5.69. The van der Waals surface area contributed by atoms with Gasteiger partial charge in [-0.15, -0.1) is 0 Å². The van der Waals surface area contributed by atoms with Crippen LogP contribution in [-0.2, 0) is 20.6 Å². The number of nitrogens with zero attached hydrogens (tertiary/aromatic N) is 4. The fraction of sp³-hybridized carbons (Fsp3) is 0.261. The average molecular weight is 403 g/mol. The number of aryl methyl sites for hydroxylation is 2. The van der Waals surface area contributed by atoms with Crippen molar-refractivity contribution in [1.82, 2.24) is 24.0 Å². The number of rotatable bonds is 7. The molecule has 4 rings (SSSR count). The smallest absolute Gasteiger partial charge is 0.325 e. The van der Waals surface area contributed by atoms with Crippen molar-refractivity contribution in [2.75, 3.05) is 6.54 Å². The standard InChI is InChI=1S/C23H25N5O2/c1-26-21-20(22(29)27(2)23(26)30)28(16-25-21)15-9-14-24-19(17-10-5-3-6-11-17)18-12-7-4-8-13-18/h3-8,10-13,16,19,24H,9,14-15H2,1-2H3. The fourth-order valence-electron chi connectivity index (χ4n) is 3.78. The molecule has 2 heterocycles. The number of fused-ring (bicyclic) bond motifs is 1. The monoisotopic (exact) mass is 403 g/mol. The van der Waals surface area contributed by atoms with E-state index in [0.717, 1.165) is 17.5 Å². The van der Waals surface area contributed by atoms with Crippen LogP contribution in [0, 0.1) is 0 Å². The van der Waals surface area contributed by atoms with E-state index in [1.807, 2.05) is 41.0 Å². The van der Waals surface area contributed by atoms with Crippen LogP contribution in [0.4, 0.5) is 0 Å². The Morgan fingerprint density at radius 3 is 2.10 bits per heavy atom. The molecule has 0 unspecified atom stereocenters. The Morgan fingerprint density at radius 2 is 1.50 bits per heavy atom. The molecule has 0 aliphatic carbocycles. The fourth-order valence-corrected chi connectivity index (χ4v) is 3.78. The van der Waals surface area contributed by atoms with Crippen molar-refractivity contribution in [3.05, 3.63) is 99.0 Å². The van der Waals surface area contributed by atoms with Crippen LogP contribution in [0.5, 0.6) is 0 Å². The molecule has 0 atom stereocenters. The lowest BCUT2D eigenvalue weighted by atomic mass is 9.99. The van der Waals surface area contributed by atoms with Gasteiger partial charge in [-0.3, -0.25) is 13.9 Å². The van der Waals surface area contributed by atoms with Crippen LogP contribution < -0.4 is 16.6 Å². The molecule has 0 aliphatic heterocycles. The minimum atomic E-state index is -0.368. The molecular formula is C23H25N5O2. The highest BCUT2D eigenvalue weighted by Crippen LogP contribution is 2.21. The van der Waals surface area contributed by atoms with Crippen molar-refractivity contribution in [1.29, 1.82) is 0 Å². The lowest BCUT2D eigenvalue weighted by Crippen LogP contribution is -2.37. The first-order valence-electron chi connectivity index (χ1n) is 10.0. The maximum atomic E-state index is 12.6. The van der Waals surface area contributed by atoms with Gasteiger partial charge in [0.05, 0.1) is 12.4 Å². The minimum Gasteiger partial charge on any atom is -0.325 e. The zero-order chi connectivity index (χ0) is 21.1. The third-order valence-electron chi connectivity index (χ3n) is 5.41. The molecule has 154 valence electrons. The first-order chi connectivity index (χ1) is 14.6. The van der Waals surface area contributed by atoms with Gasteiger partial charge in [0.15, 0.2) is 11.2 Å². The molecule has 0 saturated heterocycles. The quantitative estimate of drug-likeness (QED) is 0.480. The van der Waals surface area contributed by atoms with Crippen LogP contribution in [0.3, 0.4) is 0 Å². The molecule has 0 bridgehead atoms. The summed E-state index contributed by atoms with van der Waals surface area (Å²) in [5.41, 5.74) is 2.61. The molecule has 4 aromatic rings. The highest BCUT2D eigenvalue weighted by Gasteiger charge is 2.15. The zero-order valence-electron chi connectivity index (χ0n) is 17.2. The van der Waals surface area contributed by atoms with Gasteiger partial charge >= 0.3 is 5.69 Å². The molecule has 2 aromatic carbocycles. The summed E-state index contributed by atoms with van der Waals surface area (Å²) in [5.74, 6) is 0. The second kappa shape index (κ2) is 8.51. The largest absolute Gasteiger partial charge is 0.332 e. The van der Waals surface area contributed by atoms with Crippen LogP contribution in [0.2, 0.25) is 0 Å². The first kappa shape index (κ1) is 19.8. The van der Waals surface area contributed by atoms with E-state index in [0.29, 0.717) is 17.7 Å². The Bertz CT molecular complexity index is 1220. The molecule has 7 heteroatoms. The molecule has 0 saturated carbocycles. The Hall–Kier alpha value is -3.45. The van der Waals surface area contributed by atoms with Gasteiger partial charge in [-0.05, 0) is 24.1 Å². The van der Waals surface area contributed by atoms with Gasteiger partial charge in [0.2, 0.25) is 0 Å². The Morgan fingerprint density at radius 1 is 0.900 bits per heavy atom. The van der Waals surface area contributed by atoms with E-state index in [1.54, 1.807) is 13.4 Å². The number of imidazole rings is 1. The second-order valence-electron chi connectivity index (χ2n) is 7.38. The molecule has 0 radical (unpaired) electrons. The number of benzene rings is 2. The molecule has 0 fully saturated rings. The summed E-state index contributed by atoms with van der Waals surface area (Å²) in [6.07, 6.45) is 2.45. The summed E-state index contributed by atoms with van der Waals surface area (Å²) in [6, 6.07) is 20.8. The van der Waals surface area contributed by atoms with E-state index in [2.05, 4.69) is 34.6 Å². The number of nitrogens with one attached hydrogen (secondary N) is 1. The van der Waals surface area contributed by atoms with Gasteiger partial charge < -0.3 is 9.88 Å². The molecule has 1 N–H and O–H groups in total. The molecule has 7 nitrogen and oxygen atoms in total. The lowest BCUT2D eigenvalue weighted by molar-refractivity contribution is 0.547. The molecule has 2 aromatic heterocycles. The molecule has 0 spiro atoms. The van der Waals surface area contributed by atoms with Crippen molar-refractivity contribution >= 4 is 11.2 Å². The predicted molar refractivity (Wildman–Crippen MR) is 118 cm³/mol. The summed E-state index contributed by atoms with van der Waals surface area (Å²) in [6.45, 7) is 1.40. The lowest BCUT2D eigenvalue weighted by Gasteiger charge is -2.20. The van der Waals surface area contributed by atoms with E-state index < -0.39 is 0 Å².